The number of hydrogen-bond acceptors (Lipinski definition) is 5. The summed E-state index contributed by atoms with van der Waals surface area (Å²) in [7, 11) is 1.61. The van der Waals surface area contributed by atoms with Gasteiger partial charge in [0.25, 0.3) is 0 Å². The predicted octanol–water partition coefficient (Wildman–Crippen LogP) is 3.70. The summed E-state index contributed by atoms with van der Waals surface area (Å²) in [5, 5.41) is 22.3. The number of fused-ring (bicyclic) bond motifs is 2. The number of β-amino-alcohol motifs (C(OH)–C–C–N with tert-alkyl or cyclic N) is 1. The summed E-state index contributed by atoms with van der Waals surface area (Å²) in [5.74, 6) is 1.11. The van der Waals surface area contributed by atoms with Crippen molar-refractivity contribution in [3.8, 4) is 11.5 Å². The zero-order valence-electron chi connectivity index (χ0n) is 17.5. The lowest BCUT2D eigenvalue weighted by Crippen LogP contribution is -2.51. The van der Waals surface area contributed by atoms with Crippen LogP contribution >= 0.6 is 0 Å². The molecule has 7 heteroatoms. The molecule has 0 radical (unpaired) electrons. The van der Waals surface area contributed by atoms with Crippen LogP contribution in [0.15, 0.2) is 42.6 Å². The van der Waals surface area contributed by atoms with Crippen molar-refractivity contribution in [1.82, 2.24) is 9.88 Å². The summed E-state index contributed by atoms with van der Waals surface area (Å²) in [6.07, 6.45) is 2.54. The van der Waals surface area contributed by atoms with Crippen molar-refractivity contribution in [1.29, 1.82) is 0 Å². The number of nitrogens with one attached hydrogen (secondary N) is 1. The summed E-state index contributed by atoms with van der Waals surface area (Å²) in [6.45, 7) is 1.98. The summed E-state index contributed by atoms with van der Waals surface area (Å²) < 4.78 is 25.3. The van der Waals surface area contributed by atoms with Crippen LogP contribution in [0.25, 0.3) is 10.9 Å². The minimum Gasteiger partial charge on any atom is -0.497 e. The number of nitrogens with zero attached hydrogens (tertiary/aromatic N) is 1. The lowest BCUT2D eigenvalue weighted by atomic mass is 9.81. The normalized spacial score (nSPS) is 21.6. The number of benzene rings is 2. The number of piperidine rings is 1. The monoisotopic (exact) mass is 426 g/mol. The molecule has 5 rings (SSSR count). The molecule has 3 aromatic rings. The first-order valence-electron chi connectivity index (χ1n) is 10.7. The summed E-state index contributed by atoms with van der Waals surface area (Å²) in [6, 6.07) is 10.1. The second kappa shape index (κ2) is 7.82. The molecule has 0 aliphatic carbocycles. The number of methoxy groups -OCH3 is 1. The lowest BCUT2D eigenvalue weighted by Gasteiger charge is -2.46. The number of aromatic nitrogens is 1. The molecule has 1 aromatic heterocycles. The van der Waals surface area contributed by atoms with Crippen LogP contribution in [0.1, 0.15) is 42.6 Å². The number of ether oxygens (including phenoxy) is 2. The molecule has 164 valence electrons. The first kappa shape index (κ1) is 20.3. The Hall–Kier alpha value is -2.61. The zero-order valence-corrected chi connectivity index (χ0v) is 17.5. The molecular formula is C24H27FN2O4. The van der Waals surface area contributed by atoms with Gasteiger partial charge in [-0.1, -0.05) is 0 Å². The minimum absolute atomic E-state index is 0.314. The molecule has 6 nitrogen and oxygen atoms in total. The van der Waals surface area contributed by atoms with Crippen LogP contribution in [-0.2, 0) is 0 Å². The van der Waals surface area contributed by atoms with Gasteiger partial charge in [-0.2, -0.15) is 0 Å². The van der Waals surface area contributed by atoms with Gasteiger partial charge in [0.1, 0.15) is 22.9 Å². The number of aromatic amines is 1. The van der Waals surface area contributed by atoms with E-state index >= 15 is 0 Å². The molecule has 0 bridgehead atoms. The third-order valence-electron chi connectivity index (χ3n) is 6.70. The Morgan fingerprint density at radius 2 is 2.06 bits per heavy atom. The highest BCUT2D eigenvalue weighted by Gasteiger charge is 2.43. The zero-order chi connectivity index (χ0) is 21.6. The fourth-order valence-electron chi connectivity index (χ4n) is 4.93. The summed E-state index contributed by atoms with van der Waals surface area (Å²) >= 11 is 0. The van der Waals surface area contributed by atoms with Crippen LogP contribution in [0.3, 0.4) is 0 Å². The van der Waals surface area contributed by atoms with Crippen LogP contribution < -0.4 is 9.47 Å². The molecule has 2 aliphatic heterocycles. The van der Waals surface area contributed by atoms with Crippen LogP contribution in [-0.4, -0.2) is 52.4 Å². The van der Waals surface area contributed by atoms with Gasteiger partial charge in [-0.25, -0.2) is 4.39 Å². The number of halogens is 1. The molecule has 0 unspecified atom stereocenters. The maximum Gasteiger partial charge on any atom is 0.126 e. The maximum absolute atomic E-state index is 13.7. The molecule has 2 atom stereocenters. The van der Waals surface area contributed by atoms with Crippen molar-refractivity contribution in [2.24, 2.45) is 0 Å². The molecule has 2 aromatic carbocycles. The van der Waals surface area contributed by atoms with E-state index in [1.807, 2.05) is 18.2 Å². The molecule has 0 saturated carbocycles. The second-order valence-corrected chi connectivity index (χ2v) is 8.66. The number of likely N-dealkylation sites (tertiary alicyclic amines) is 1. The largest absolute Gasteiger partial charge is 0.497 e. The highest BCUT2D eigenvalue weighted by molar-refractivity contribution is 5.83. The van der Waals surface area contributed by atoms with Crippen LogP contribution in [0.5, 0.6) is 11.5 Å². The number of aliphatic hydroxyl groups excluding tert-OH is 2. The lowest BCUT2D eigenvalue weighted by molar-refractivity contribution is -0.0588. The molecule has 0 amide bonds. The molecule has 2 aliphatic rings. The molecule has 1 saturated heterocycles. The second-order valence-electron chi connectivity index (χ2n) is 8.66. The van der Waals surface area contributed by atoms with Gasteiger partial charge in [0.05, 0.1) is 19.3 Å². The van der Waals surface area contributed by atoms with Crippen molar-refractivity contribution < 1.29 is 24.1 Å². The van der Waals surface area contributed by atoms with Gasteiger partial charge in [-0.3, -0.25) is 0 Å². The van der Waals surface area contributed by atoms with E-state index in [1.54, 1.807) is 19.4 Å². The molecule has 1 spiro atoms. The average Bonchev–Trinajstić information content (AvgIpc) is 3.18. The summed E-state index contributed by atoms with van der Waals surface area (Å²) in [5.41, 5.74) is 1.90. The van der Waals surface area contributed by atoms with E-state index in [1.165, 1.54) is 12.1 Å². The van der Waals surface area contributed by atoms with E-state index in [4.69, 9.17) is 9.47 Å². The smallest absolute Gasteiger partial charge is 0.126 e. The summed E-state index contributed by atoms with van der Waals surface area (Å²) in [4.78, 5) is 5.30. The van der Waals surface area contributed by atoms with Gasteiger partial charge in [0, 0.05) is 54.3 Å². The molecule has 31 heavy (non-hydrogen) atoms. The van der Waals surface area contributed by atoms with Crippen molar-refractivity contribution in [3.63, 3.8) is 0 Å². The van der Waals surface area contributed by atoms with E-state index in [9.17, 15) is 14.6 Å². The number of hydrogen-bond donors (Lipinski definition) is 3. The molecule has 3 N–H and O–H groups in total. The molecular weight excluding hydrogens is 399 g/mol. The van der Waals surface area contributed by atoms with Crippen LogP contribution in [0, 0.1) is 5.82 Å². The van der Waals surface area contributed by atoms with Crippen molar-refractivity contribution in [2.75, 3.05) is 26.7 Å². The van der Waals surface area contributed by atoms with Gasteiger partial charge < -0.3 is 29.6 Å². The van der Waals surface area contributed by atoms with E-state index < -0.39 is 17.8 Å². The van der Waals surface area contributed by atoms with Crippen molar-refractivity contribution in [2.45, 2.75) is 37.1 Å². The van der Waals surface area contributed by atoms with E-state index in [2.05, 4.69) is 9.88 Å². The maximum atomic E-state index is 13.7. The Kier molecular flexibility index (Phi) is 5.12. The Morgan fingerprint density at radius 3 is 2.84 bits per heavy atom. The van der Waals surface area contributed by atoms with E-state index in [0.29, 0.717) is 35.4 Å². The Bertz CT molecular complexity index is 1090. The van der Waals surface area contributed by atoms with Gasteiger partial charge in [0.15, 0.2) is 0 Å². The highest BCUT2D eigenvalue weighted by Crippen LogP contribution is 2.45. The van der Waals surface area contributed by atoms with E-state index in [0.717, 1.165) is 37.0 Å². The fourth-order valence-corrected chi connectivity index (χ4v) is 4.93. The SMILES string of the molecule is COc1ccc2c(c1)[C@H](O)CC1(CCN(C[C@@H](O)c3c[nH]c4ccc(F)cc34)CC1)O2. The number of rotatable bonds is 4. The van der Waals surface area contributed by atoms with Crippen molar-refractivity contribution in [3.05, 3.63) is 59.5 Å². The number of H-pyrrole nitrogens is 1. The predicted molar refractivity (Wildman–Crippen MR) is 115 cm³/mol. The van der Waals surface area contributed by atoms with Gasteiger partial charge in [-0.05, 0) is 49.2 Å². The van der Waals surface area contributed by atoms with Crippen LogP contribution in [0.4, 0.5) is 4.39 Å². The Labute approximate surface area is 180 Å². The van der Waals surface area contributed by atoms with Crippen LogP contribution in [0.2, 0.25) is 0 Å². The standard InChI is InChI=1S/C24H27FN2O4/c1-30-16-3-5-23-18(11-16)21(28)12-24(31-23)6-8-27(9-7-24)14-22(29)19-13-26-20-4-2-15(25)10-17(19)20/h2-5,10-11,13,21-22,26,28-29H,6-9,12,14H2,1H3/t21-,22-/m1/s1. The highest BCUT2D eigenvalue weighted by atomic mass is 19.1. The molecule has 1 fully saturated rings. The molecule has 3 heterocycles. The van der Waals surface area contributed by atoms with Gasteiger partial charge in [-0.15, -0.1) is 0 Å². The van der Waals surface area contributed by atoms with Gasteiger partial charge >= 0.3 is 0 Å². The quantitative estimate of drug-likeness (QED) is 0.593. The third-order valence-corrected chi connectivity index (χ3v) is 6.70. The average molecular weight is 426 g/mol. The topological polar surface area (TPSA) is 78.0 Å². The van der Waals surface area contributed by atoms with Crippen molar-refractivity contribution >= 4 is 10.9 Å². The first-order chi connectivity index (χ1) is 15.0. The Balaban J connectivity index is 1.25. The Morgan fingerprint density at radius 1 is 1.26 bits per heavy atom. The fraction of sp³-hybridized carbons (Fsp3) is 0.417. The minimum atomic E-state index is -0.712. The van der Waals surface area contributed by atoms with E-state index in [-0.39, 0.29) is 5.82 Å². The third kappa shape index (κ3) is 3.78. The first-order valence-corrected chi connectivity index (χ1v) is 10.7. The van der Waals surface area contributed by atoms with Gasteiger partial charge in [0.2, 0.25) is 0 Å². The number of aliphatic hydroxyl groups is 2.